The van der Waals surface area contributed by atoms with Crippen molar-refractivity contribution in [3.63, 3.8) is 0 Å². The maximum atomic E-state index is 12.3. The lowest BCUT2D eigenvalue weighted by atomic mass is 9.87. The second kappa shape index (κ2) is 7.75. The van der Waals surface area contributed by atoms with Gasteiger partial charge in [-0.3, -0.25) is 4.79 Å². The summed E-state index contributed by atoms with van der Waals surface area (Å²) in [5, 5.41) is 6.52. The summed E-state index contributed by atoms with van der Waals surface area (Å²) in [5.41, 5.74) is 7.03. The fraction of sp³-hybridized carbons (Fsp3) is 0.310. The lowest BCUT2D eigenvalue weighted by Gasteiger charge is -2.26. The van der Waals surface area contributed by atoms with Crippen LogP contribution in [-0.4, -0.2) is 32.0 Å². The van der Waals surface area contributed by atoms with Gasteiger partial charge in [0.15, 0.2) is 5.82 Å². The third-order valence-electron chi connectivity index (χ3n) is 7.80. The predicted octanol–water partition coefficient (Wildman–Crippen LogP) is 5.25. The minimum absolute atomic E-state index is 0.0208. The van der Waals surface area contributed by atoms with Gasteiger partial charge in [0.1, 0.15) is 11.6 Å². The van der Waals surface area contributed by atoms with Crippen LogP contribution in [0.4, 0.5) is 11.5 Å². The molecule has 1 spiro atoms. The molecule has 2 aromatic heterocycles. The number of hydrogen-bond donors (Lipinski definition) is 2. The maximum absolute atomic E-state index is 12.3. The minimum Gasteiger partial charge on any atom is -0.351 e. The molecular formula is C29H28N6O. The number of aryl methyl sites for hydroxylation is 2. The van der Waals surface area contributed by atoms with E-state index < -0.39 is 0 Å². The van der Waals surface area contributed by atoms with Gasteiger partial charge in [-0.2, -0.15) is 0 Å². The van der Waals surface area contributed by atoms with E-state index in [9.17, 15) is 4.79 Å². The van der Waals surface area contributed by atoms with Crippen molar-refractivity contribution in [2.75, 3.05) is 11.9 Å². The average molecular weight is 477 g/mol. The van der Waals surface area contributed by atoms with Crippen LogP contribution < -0.4 is 10.6 Å². The standard InChI is InChI=1S/C29H28N6O/c1-17-14-30-26(19-5-3-18(4-6-19)24-15-35(2)27(33-24)20-7-8-20)34-25(17)32-21-9-10-22-23(13-21)29(11-12-29)16-31-28(22)36/h3-6,9-10,13-15,20H,7-8,11-12,16H2,1-2H3,(H,31,36)(H,30,32,34). The van der Waals surface area contributed by atoms with Crippen molar-refractivity contribution in [2.45, 2.75) is 43.9 Å². The van der Waals surface area contributed by atoms with Crippen LogP contribution in [0.2, 0.25) is 0 Å². The molecule has 36 heavy (non-hydrogen) atoms. The van der Waals surface area contributed by atoms with Crippen LogP contribution in [0.25, 0.3) is 22.6 Å². The second-order valence-corrected chi connectivity index (χ2v) is 10.5. The Morgan fingerprint density at radius 2 is 1.83 bits per heavy atom. The molecule has 2 saturated carbocycles. The molecule has 2 aromatic carbocycles. The first-order valence-electron chi connectivity index (χ1n) is 12.7. The van der Waals surface area contributed by atoms with Gasteiger partial charge in [0.05, 0.1) is 5.69 Å². The summed E-state index contributed by atoms with van der Waals surface area (Å²) in [5.74, 6) is 3.27. The van der Waals surface area contributed by atoms with E-state index in [1.165, 1.54) is 18.7 Å². The van der Waals surface area contributed by atoms with Gasteiger partial charge in [0.2, 0.25) is 0 Å². The van der Waals surface area contributed by atoms with Gasteiger partial charge in [-0.1, -0.05) is 24.3 Å². The highest BCUT2D eigenvalue weighted by atomic mass is 16.1. The molecule has 2 N–H and O–H groups in total. The number of nitrogens with zero attached hydrogens (tertiary/aromatic N) is 4. The Hall–Kier alpha value is -4.00. The minimum atomic E-state index is 0.0208. The number of benzene rings is 2. The van der Waals surface area contributed by atoms with E-state index in [4.69, 9.17) is 9.97 Å². The molecule has 0 bridgehead atoms. The van der Waals surface area contributed by atoms with Crippen molar-refractivity contribution >= 4 is 17.4 Å². The smallest absolute Gasteiger partial charge is 0.251 e. The average Bonchev–Trinajstić information content (AvgIpc) is 3.83. The molecule has 2 aliphatic carbocycles. The van der Waals surface area contributed by atoms with E-state index >= 15 is 0 Å². The number of imidazole rings is 1. The third-order valence-corrected chi connectivity index (χ3v) is 7.80. The second-order valence-electron chi connectivity index (χ2n) is 10.5. The number of carbonyl (C=O) groups is 1. The first-order chi connectivity index (χ1) is 17.5. The molecule has 4 aromatic rings. The normalized spacial score (nSPS) is 17.6. The fourth-order valence-corrected chi connectivity index (χ4v) is 5.27. The highest BCUT2D eigenvalue weighted by molar-refractivity contribution is 5.98. The van der Waals surface area contributed by atoms with Crippen LogP contribution in [0.5, 0.6) is 0 Å². The number of fused-ring (bicyclic) bond motifs is 2. The lowest BCUT2D eigenvalue weighted by molar-refractivity contribution is 0.0937. The third kappa shape index (κ3) is 3.58. The highest BCUT2D eigenvalue weighted by Gasteiger charge is 2.48. The van der Waals surface area contributed by atoms with E-state index in [0.29, 0.717) is 11.7 Å². The topological polar surface area (TPSA) is 84.7 Å². The predicted molar refractivity (Wildman–Crippen MR) is 139 cm³/mol. The molecule has 7 heteroatoms. The molecule has 1 amide bonds. The SMILES string of the molecule is Cc1cnc(-c2ccc(-c3cn(C)c(C4CC4)n3)cc2)nc1Nc1ccc2c(c1)C1(CC1)CNC2=O. The number of rotatable bonds is 5. The molecule has 0 saturated heterocycles. The van der Waals surface area contributed by atoms with Crippen molar-refractivity contribution in [3.8, 4) is 22.6 Å². The Labute approximate surface area is 210 Å². The quantitative estimate of drug-likeness (QED) is 0.411. The number of carbonyl (C=O) groups excluding carboxylic acids is 1. The molecule has 3 heterocycles. The molecule has 7 nitrogen and oxygen atoms in total. The number of hydrogen-bond acceptors (Lipinski definition) is 5. The van der Waals surface area contributed by atoms with Crippen molar-refractivity contribution in [1.29, 1.82) is 0 Å². The van der Waals surface area contributed by atoms with Crippen LogP contribution in [0.1, 0.15) is 58.9 Å². The molecule has 0 unspecified atom stereocenters. The summed E-state index contributed by atoms with van der Waals surface area (Å²) in [6.45, 7) is 2.73. The van der Waals surface area contributed by atoms with Gasteiger partial charge in [-0.25, -0.2) is 15.0 Å². The van der Waals surface area contributed by atoms with Gasteiger partial charge in [-0.05, 0) is 56.4 Å². The van der Waals surface area contributed by atoms with Crippen LogP contribution >= 0.6 is 0 Å². The summed E-state index contributed by atoms with van der Waals surface area (Å²) < 4.78 is 2.15. The van der Waals surface area contributed by atoms with Crippen molar-refractivity contribution in [2.24, 2.45) is 7.05 Å². The van der Waals surface area contributed by atoms with Crippen LogP contribution in [0.15, 0.2) is 54.9 Å². The van der Waals surface area contributed by atoms with Crippen LogP contribution in [0.3, 0.4) is 0 Å². The summed E-state index contributed by atoms with van der Waals surface area (Å²) in [6, 6.07) is 14.3. The Morgan fingerprint density at radius 3 is 2.58 bits per heavy atom. The summed E-state index contributed by atoms with van der Waals surface area (Å²) >= 11 is 0. The van der Waals surface area contributed by atoms with Crippen molar-refractivity contribution in [1.82, 2.24) is 24.8 Å². The zero-order valence-electron chi connectivity index (χ0n) is 20.5. The Morgan fingerprint density at radius 1 is 1.06 bits per heavy atom. The molecular weight excluding hydrogens is 448 g/mol. The molecule has 180 valence electrons. The Balaban J connectivity index is 1.15. The summed E-state index contributed by atoms with van der Waals surface area (Å²) in [7, 11) is 2.08. The molecule has 1 aliphatic heterocycles. The van der Waals surface area contributed by atoms with E-state index in [-0.39, 0.29) is 11.3 Å². The van der Waals surface area contributed by atoms with E-state index in [0.717, 1.165) is 64.4 Å². The van der Waals surface area contributed by atoms with Gasteiger partial charge in [0.25, 0.3) is 5.91 Å². The van der Waals surface area contributed by atoms with Crippen LogP contribution in [-0.2, 0) is 12.5 Å². The monoisotopic (exact) mass is 476 g/mol. The number of amides is 1. The largest absolute Gasteiger partial charge is 0.351 e. The molecule has 7 rings (SSSR count). The van der Waals surface area contributed by atoms with E-state index in [2.05, 4.69) is 63.8 Å². The van der Waals surface area contributed by atoms with Gasteiger partial charge in [0, 0.05) is 65.3 Å². The Bertz CT molecular complexity index is 1510. The number of aromatic nitrogens is 4. The van der Waals surface area contributed by atoms with Crippen molar-refractivity contribution < 1.29 is 4.79 Å². The summed E-state index contributed by atoms with van der Waals surface area (Å²) in [4.78, 5) is 26.6. The molecule has 0 atom stereocenters. The Kier molecular flexibility index (Phi) is 4.58. The lowest BCUT2D eigenvalue weighted by Crippen LogP contribution is -2.39. The van der Waals surface area contributed by atoms with Gasteiger partial charge < -0.3 is 15.2 Å². The zero-order valence-corrected chi connectivity index (χ0v) is 20.5. The zero-order chi connectivity index (χ0) is 24.4. The molecule has 0 radical (unpaired) electrons. The first kappa shape index (κ1) is 21.3. The molecule has 3 aliphatic rings. The molecule has 2 fully saturated rings. The first-order valence-corrected chi connectivity index (χ1v) is 12.7. The highest BCUT2D eigenvalue weighted by Crippen LogP contribution is 2.51. The summed E-state index contributed by atoms with van der Waals surface area (Å²) in [6.07, 6.45) is 8.69. The van der Waals surface area contributed by atoms with Crippen LogP contribution in [0, 0.1) is 6.92 Å². The number of nitrogens with one attached hydrogen (secondary N) is 2. The van der Waals surface area contributed by atoms with Gasteiger partial charge in [-0.15, -0.1) is 0 Å². The fourth-order valence-electron chi connectivity index (χ4n) is 5.27. The van der Waals surface area contributed by atoms with Gasteiger partial charge >= 0.3 is 0 Å². The van der Waals surface area contributed by atoms with E-state index in [1.807, 2.05) is 25.3 Å². The maximum Gasteiger partial charge on any atom is 0.251 e. The number of anilines is 2. The van der Waals surface area contributed by atoms with Crippen molar-refractivity contribution in [3.05, 3.63) is 77.4 Å². The van der Waals surface area contributed by atoms with E-state index in [1.54, 1.807) is 0 Å².